The quantitative estimate of drug-likeness (QED) is 0.550. The lowest BCUT2D eigenvalue weighted by Crippen LogP contribution is -2.67. The highest BCUT2D eigenvalue weighted by molar-refractivity contribution is 5.85. The molecule has 0 amide bonds. The molecule has 4 saturated carbocycles. The molecule has 6 aliphatic rings. The van der Waals surface area contributed by atoms with E-state index in [1.807, 2.05) is 0 Å². The van der Waals surface area contributed by atoms with Crippen LogP contribution >= 0.6 is 0 Å². The van der Waals surface area contributed by atoms with Gasteiger partial charge in [0.25, 0.3) is 0 Å². The highest BCUT2D eigenvalue weighted by Gasteiger charge is 2.70. The van der Waals surface area contributed by atoms with Gasteiger partial charge in [-0.15, -0.1) is 0 Å². The third kappa shape index (κ3) is 3.03. The van der Waals surface area contributed by atoms with E-state index in [1.165, 1.54) is 6.42 Å². The van der Waals surface area contributed by atoms with Crippen LogP contribution in [0, 0.1) is 34.5 Å². The van der Waals surface area contributed by atoms with Crippen LogP contribution < -0.4 is 0 Å². The Labute approximate surface area is 197 Å². The number of fused-ring (bicyclic) bond motifs is 5. The molecule has 0 radical (unpaired) electrons. The van der Waals surface area contributed by atoms with Gasteiger partial charge < -0.3 is 20.1 Å². The van der Waals surface area contributed by atoms with Crippen LogP contribution in [0.2, 0.25) is 0 Å². The van der Waals surface area contributed by atoms with Crippen molar-refractivity contribution in [2.45, 2.75) is 95.5 Å². The Morgan fingerprint density at radius 3 is 2.55 bits per heavy atom. The monoisotopic (exact) mass is 459 g/mol. The van der Waals surface area contributed by atoms with Gasteiger partial charge in [0.05, 0.1) is 17.8 Å². The largest absolute Gasteiger partial charge is 0.458 e. The number of likely N-dealkylation sites (tertiary alicyclic amines) is 1. The summed E-state index contributed by atoms with van der Waals surface area (Å²) in [6, 6.07) is 0.571. The van der Waals surface area contributed by atoms with E-state index < -0.39 is 17.1 Å². The van der Waals surface area contributed by atoms with E-state index in [4.69, 9.17) is 4.74 Å². The van der Waals surface area contributed by atoms with Crippen LogP contribution in [0.1, 0.15) is 71.6 Å². The second-order valence-corrected chi connectivity index (χ2v) is 12.7. The summed E-state index contributed by atoms with van der Waals surface area (Å²) in [5.41, 5.74) is -0.403. The van der Waals surface area contributed by atoms with E-state index in [1.54, 1.807) is 6.08 Å². The van der Waals surface area contributed by atoms with E-state index in [2.05, 4.69) is 18.7 Å². The SMILES string of the molecule is C[C@]12CC[C@H](N3CC[C@H](O)C3)C[C@H]1CC[C@@H]1[C@@H]2C[C@@H](O)[C@]2(C)[C@@H](C3=CC(=O)OC3)CC[C@]12O. The first-order valence-electron chi connectivity index (χ1n) is 13.4. The molecule has 0 aromatic rings. The lowest BCUT2D eigenvalue weighted by atomic mass is 9.42. The summed E-state index contributed by atoms with van der Waals surface area (Å²) in [5.74, 6) is 0.885. The minimum atomic E-state index is -0.892. The molecule has 5 fully saturated rings. The summed E-state index contributed by atoms with van der Waals surface area (Å²) in [4.78, 5) is 14.3. The maximum absolute atomic E-state index is 12.3. The van der Waals surface area contributed by atoms with Crippen LogP contribution in [0.25, 0.3) is 0 Å². The molecular formula is C27H41NO5. The van der Waals surface area contributed by atoms with E-state index in [-0.39, 0.29) is 29.3 Å². The molecule has 0 spiro atoms. The van der Waals surface area contributed by atoms with Crippen molar-refractivity contribution in [1.82, 2.24) is 4.90 Å². The Bertz CT molecular complexity index is 859. The zero-order valence-electron chi connectivity index (χ0n) is 20.2. The Balaban J connectivity index is 1.26. The number of hydrogen-bond acceptors (Lipinski definition) is 6. The first-order valence-corrected chi connectivity index (χ1v) is 13.4. The topological polar surface area (TPSA) is 90.2 Å². The second kappa shape index (κ2) is 7.52. The van der Waals surface area contributed by atoms with Crippen LogP contribution in [0.4, 0.5) is 0 Å². The number of carbonyl (C=O) groups excluding carboxylic acids is 1. The molecule has 0 unspecified atom stereocenters. The van der Waals surface area contributed by atoms with E-state index >= 15 is 0 Å². The average molecular weight is 460 g/mol. The summed E-state index contributed by atoms with van der Waals surface area (Å²) in [6.07, 6.45) is 9.70. The average Bonchev–Trinajstić information content (AvgIpc) is 3.47. The smallest absolute Gasteiger partial charge is 0.331 e. The summed E-state index contributed by atoms with van der Waals surface area (Å²) in [5, 5.41) is 34.0. The van der Waals surface area contributed by atoms with Crippen molar-refractivity contribution in [3.63, 3.8) is 0 Å². The third-order valence-electron chi connectivity index (χ3n) is 11.8. The van der Waals surface area contributed by atoms with Gasteiger partial charge in [0.15, 0.2) is 0 Å². The lowest BCUT2D eigenvalue weighted by Gasteiger charge is -2.65. The zero-order chi connectivity index (χ0) is 23.2. The van der Waals surface area contributed by atoms with Crippen molar-refractivity contribution in [2.75, 3.05) is 19.7 Å². The van der Waals surface area contributed by atoms with Gasteiger partial charge in [0, 0.05) is 30.6 Å². The number of hydrogen-bond donors (Lipinski definition) is 3. The van der Waals surface area contributed by atoms with Crippen molar-refractivity contribution in [3.05, 3.63) is 11.6 Å². The van der Waals surface area contributed by atoms with Gasteiger partial charge in [-0.2, -0.15) is 0 Å². The summed E-state index contributed by atoms with van der Waals surface area (Å²) < 4.78 is 5.21. The molecule has 2 heterocycles. The van der Waals surface area contributed by atoms with Gasteiger partial charge in [-0.3, -0.25) is 4.90 Å². The number of esters is 1. The van der Waals surface area contributed by atoms with Gasteiger partial charge >= 0.3 is 5.97 Å². The third-order valence-corrected chi connectivity index (χ3v) is 11.8. The fraction of sp³-hybridized carbons (Fsp3) is 0.889. The second-order valence-electron chi connectivity index (χ2n) is 12.7. The van der Waals surface area contributed by atoms with E-state index in [0.29, 0.717) is 30.9 Å². The number of ether oxygens (including phenoxy) is 1. The van der Waals surface area contributed by atoms with E-state index in [0.717, 1.165) is 63.6 Å². The first-order chi connectivity index (χ1) is 15.7. The number of aliphatic hydroxyl groups is 3. The molecule has 0 bridgehead atoms. The fourth-order valence-electron chi connectivity index (χ4n) is 9.80. The molecule has 10 atom stereocenters. The van der Waals surface area contributed by atoms with Gasteiger partial charge in [0.1, 0.15) is 6.61 Å². The van der Waals surface area contributed by atoms with Gasteiger partial charge in [-0.25, -0.2) is 4.79 Å². The number of rotatable bonds is 2. The van der Waals surface area contributed by atoms with Crippen LogP contribution in [-0.4, -0.2) is 69.7 Å². The molecule has 4 aliphatic carbocycles. The summed E-state index contributed by atoms with van der Waals surface area (Å²) >= 11 is 0. The van der Waals surface area contributed by atoms with Crippen LogP contribution in [0.5, 0.6) is 0 Å². The molecule has 0 aromatic heterocycles. The van der Waals surface area contributed by atoms with Crippen molar-refractivity contribution in [3.8, 4) is 0 Å². The minimum absolute atomic E-state index is 0.00719. The Morgan fingerprint density at radius 2 is 1.85 bits per heavy atom. The first kappa shape index (κ1) is 22.5. The molecule has 1 saturated heterocycles. The molecule has 33 heavy (non-hydrogen) atoms. The normalized spacial score (nSPS) is 54.4. The fourth-order valence-corrected chi connectivity index (χ4v) is 9.80. The number of nitrogens with zero attached hydrogens (tertiary/aromatic N) is 1. The molecule has 6 heteroatoms. The lowest BCUT2D eigenvalue weighted by molar-refractivity contribution is -0.244. The highest BCUT2D eigenvalue weighted by Crippen LogP contribution is 2.70. The number of cyclic esters (lactones) is 1. The van der Waals surface area contributed by atoms with Crippen molar-refractivity contribution < 1.29 is 24.9 Å². The Morgan fingerprint density at radius 1 is 1.03 bits per heavy atom. The van der Waals surface area contributed by atoms with Crippen molar-refractivity contribution >= 4 is 5.97 Å². The maximum Gasteiger partial charge on any atom is 0.331 e. The zero-order valence-corrected chi connectivity index (χ0v) is 20.2. The molecule has 6 rings (SSSR count). The minimum Gasteiger partial charge on any atom is -0.458 e. The molecule has 184 valence electrons. The number of carbonyl (C=O) groups is 1. The standard InChI is InChI=1S/C27H41NO5/c1-25-8-5-18(28-10-7-19(29)14-28)12-17(25)3-4-21-22(25)13-23(30)26(2)20(6-9-27(21,26)32)16-11-24(31)33-15-16/h11,17-23,29-30,32H,3-10,12-15H2,1-2H3/t17-,18+,19+,20-,21-,22+,23-,25+,26+,27+/m1/s1. The Kier molecular flexibility index (Phi) is 5.13. The Hall–Kier alpha value is -0.950. The molecule has 2 aliphatic heterocycles. The van der Waals surface area contributed by atoms with Crippen LogP contribution in [0.15, 0.2) is 11.6 Å². The summed E-state index contributed by atoms with van der Waals surface area (Å²) in [7, 11) is 0. The number of β-amino-alcohol motifs (C(OH)–C–C–N with tert-alkyl or cyclic N) is 1. The van der Waals surface area contributed by atoms with Gasteiger partial charge in [-0.1, -0.05) is 13.8 Å². The van der Waals surface area contributed by atoms with Crippen molar-refractivity contribution in [2.24, 2.45) is 34.5 Å². The van der Waals surface area contributed by atoms with Crippen molar-refractivity contribution in [1.29, 1.82) is 0 Å². The van der Waals surface area contributed by atoms with Gasteiger partial charge in [-0.05, 0) is 92.4 Å². The molecule has 3 N–H and O–H groups in total. The highest BCUT2D eigenvalue weighted by atomic mass is 16.5. The molecular weight excluding hydrogens is 418 g/mol. The predicted molar refractivity (Wildman–Crippen MR) is 123 cm³/mol. The van der Waals surface area contributed by atoms with E-state index in [9.17, 15) is 20.1 Å². The van der Waals surface area contributed by atoms with Gasteiger partial charge in [0.2, 0.25) is 0 Å². The molecule has 0 aromatic carbocycles. The predicted octanol–water partition coefficient (Wildman–Crippen LogP) is 2.65. The molecule has 6 nitrogen and oxygen atoms in total. The number of aliphatic hydroxyl groups excluding tert-OH is 2. The van der Waals surface area contributed by atoms with Crippen LogP contribution in [0.3, 0.4) is 0 Å². The maximum atomic E-state index is 12.3. The summed E-state index contributed by atoms with van der Waals surface area (Å²) in [6.45, 7) is 6.67. The van der Waals surface area contributed by atoms with Crippen LogP contribution in [-0.2, 0) is 9.53 Å².